The van der Waals surface area contributed by atoms with Gasteiger partial charge in [-0.1, -0.05) is 51.2 Å². The summed E-state index contributed by atoms with van der Waals surface area (Å²) in [7, 11) is 2.07. The zero-order valence-corrected chi connectivity index (χ0v) is 16.2. The third-order valence-corrected chi connectivity index (χ3v) is 4.40. The first-order chi connectivity index (χ1) is 13.1. The van der Waals surface area contributed by atoms with Gasteiger partial charge in [-0.3, -0.25) is 0 Å². The fourth-order valence-electron chi connectivity index (χ4n) is 2.70. The van der Waals surface area contributed by atoms with Crippen molar-refractivity contribution < 1.29 is 0 Å². The van der Waals surface area contributed by atoms with Crippen LogP contribution in [0.1, 0.15) is 51.0 Å². The lowest BCUT2D eigenvalue weighted by Gasteiger charge is -2.19. The summed E-state index contributed by atoms with van der Waals surface area (Å²) < 4.78 is 0. The molecular weight excluding hydrogens is 334 g/mol. The van der Waals surface area contributed by atoms with Gasteiger partial charge in [-0.15, -0.1) is 0 Å². The highest BCUT2D eigenvalue weighted by molar-refractivity contribution is 5.67. The fourth-order valence-corrected chi connectivity index (χ4v) is 2.70. The van der Waals surface area contributed by atoms with E-state index >= 15 is 0 Å². The van der Waals surface area contributed by atoms with E-state index in [1.165, 1.54) is 38.5 Å². The van der Waals surface area contributed by atoms with E-state index in [-0.39, 0.29) is 16.8 Å². The second-order valence-electron chi connectivity index (χ2n) is 6.46. The summed E-state index contributed by atoms with van der Waals surface area (Å²) in [5.41, 5.74) is 7.43. The Hall–Kier alpha value is -3.23. The van der Waals surface area contributed by atoms with E-state index in [0.29, 0.717) is 0 Å². The lowest BCUT2D eigenvalue weighted by atomic mass is 10.1. The van der Waals surface area contributed by atoms with Crippen LogP contribution in [0.25, 0.3) is 6.08 Å². The van der Waals surface area contributed by atoms with E-state index in [1.54, 1.807) is 18.2 Å². The summed E-state index contributed by atoms with van der Waals surface area (Å²) in [5.74, 6) is 0. The topological polar surface area (TPSA) is 101 Å². The first-order valence-electron chi connectivity index (χ1n) is 9.30. The molecule has 140 valence electrons. The largest absolute Gasteiger partial charge is 0.396 e. The molecule has 0 fully saturated rings. The first kappa shape index (κ1) is 21.8. The molecule has 0 heterocycles. The normalized spacial score (nSPS) is 10.4. The molecule has 0 saturated carbocycles. The Morgan fingerprint density at radius 1 is 0.963 bits per heavy atom. The van der Waals surface area contributed by atoms with Crippen molar-refractivity contribution in [2.75, 3.05) is 18.5 Å². The number of unbranched alkanes of at least 4 members (excludes halogenated alkanes) is 5. The lowest BCUT2D eigenvalue weighted by Crippen LogP contribution is -2.18. The van der Waals surface area contributed by atoms with Crippen LogP contribution in [-0.2, 0) is 0 Å². The molecule has 0 spiro atoms. The Morgan fingerprint density at radius 3 is 2.11 bits per heavy atom. The van der Waals surface area contributed by atoms with E-state index in [0.717, 1.165) is 17.8 Å². The zero-order valence-electron chi connectivity index (χ0n) is 16.2. The van der Waals surface area contributed by atoms with Crippen LogP contribution in [0.5, 0.6) is 0 Å². The van der Waals surface area contributed by atoms with Gasteiger partial charge < -0.3 is 10.6 Å². The van der Waals surface area contributed by atoms with Crippen LogP contribution in [-0.4, -0.2) is 13.6 Å². The summed E-state index contributed by atoms with van der Waals surface area (Å²) >= 11 is 0. The van der Waals surface area contributed by atoms with Crippen LogP contribution in [0.2, 0.25) is 0 Å². The monoisotopic (exact) mass is 361 g/mol. The molecular formula is C22H27N5. The summed E-state index contributed by atoms with van der Waals surface area (Å²) in [5, 5.41) is 27.0. The molecule has 0 aliphatic carbocycles. The van der Waals surface area contributed by atoms with Gasteiger partial charge in [-0.2, -0.15) is 15.8 Å². The standard InChI is InChI=1S/C22H27N5/c1-3-4-5-6-7-8-13-27(2)21-11-9-18(10-12-21)14-19(15-23)22(26)20(16-24)17-25/h9-12,14H,3-8,13,26H2,1-2H3/b19-14+. The molecule has 0 aliphatic rings. The highest BCUT2D eigenvalue weighted by Gasteiger charge is 2.08. The van der Waals surface area contributed by atoms with Gasteiger partial charge in [0.15, 0.2) is 5.57 Å². The van der Waals surface area contributed by atoms with Crippen molar-refractivity contribution in [1.29, 1.82) is 15.8 Å². The molecule has 5 heteroatoms. The maximum atomic E-state index is 9.26. The van der Waals surface area contributed by atoms with Crippen molar-refractivity contribution >= 4 is 11.8 Å². The molecule has 2 N–H and O–H groups in total. The molecule has 1 aromatic rings. The number of nitrogens with zero attached hydrogens (tertiary/aromatic N) is 4. The third kappa shape index (κ3) is 7.27. The molecule has 0 aliphatic heterocycles. The Balaban J connectivity index is 2.73. The van der Waals surface area contributed by atoms with Gasteiger partial charge in [0.1, 0.15) is 18.2 Å². The minimum Gasteiger partial charge on any atom is -0.396 e. The SMILES string of the molecule is CCCCCCCCN(C)c1ccc(/C=C(\C#N)C(N)=C(C#N)C#N)cc1. The molecule has 27 heavy (non-hydrogen) atoms. The fraction of sp³-hybridized carbons (Fsp3) is 0.409. The molecule has 1 rings (SSSR count). The number of nitrogens with two attached hydrogens (primary N) is 1. The Bertz CT molecular complexity index is 766. The second-order valence-corrected chi connectivity index (χ2v) is 6.46. The predicted octanol–water partition coefficient (Wildman–Crippen LogP) is 4.65. The van der Waals surface area contributed by atoms with Crippen LogP contribution < -0.4 is 10.6 Å². The Labute approximate surface area is 162 Å². The zero-order chi connectivity index (χ0) is 20.1. The molecule has 0 atom stereocenters. The number of hydrogen-bond donors (Lipinski definition) is 1. The maximum absolute atomic E-state index is 9.26. The average Bonchev–Trinajstić information content (AvgIpc) is 2.69. The molecule has 1 aromatic carbocycles. The van der Waals surface area contributed by atoms with E-state index in [2.05, 4.69) is 18.9 Å². The van der Waals surface area contributed by atoms with Gasteiger partial charge >= 0.3 is 0 Å². The van der Waals surface area contributed by atoms with Crippen molar-refractivity contribution in [2.24, 2.45) is 5.73 Å². The van der Waals surface area contributed by atoms with Gasteiger partial charge in [0.05, 0.1) is 11.3 Å². The second kappa shape index (κ2) is 12.2. The number of anilines is 1. The number of allylic oxidation sites excluding steroid dienone is 2. The predicted molar refractivity (Wildman–Crippen MR) is 109 cm³/mol. The van der Waals surface area contributed by atoms with Crippen molar-refractivity contribution in [3.63, 3.8) is 0 Å². The molecule has 0 amide bonds. The van der Waals surface area contributed by atoms with E-state index in [9.17, 15) is 5.26 Å². The molecule has 0 aromatic heterocycles. The minimum absolute atomic E-state index is 0.0910. The average molecular weight is 361 g/mol. The highest BCUT2D eigenvalue weighted by atomic mass is 15.1. The van der Waals surface area contributed by atoms with E-state index in [4.69, 9.17) is 16.3 Å². The molecule has 0 unspecified atom stereocenters. The number of hydrogen-bond acceptors (Lipinski definition) is 5. The van der Waals surface area contributed by atoms with Crippen molar-refractivity contribution in [1.82, 2.24) is 0 Å². The van der Waals surface area contributed by atoms with Crippen molar-refractivity contribution in [3.05, 3.63) is 46.7 Å². The minimum atomic E-state index is -0.252. The van der Waals surface area contributed by atoms with Crippen LogP contribution in [0.4, 0.5) is 5.69 Å². The van der Waals surface area contributed by atoms with Gasteiger partial charge in [0.25, 0.3) is 0 Å². The summed E-state index contributed by atoms with van der Waals surface area (Å²) in [6, 6.07) is 13.1. The van der Waals surface area contributed by atoms with Gasteiger partial charge in [-0.25, -0.2) is 0 Å². The summed E-state index contributed by atoms with van der Waals surface area (Å²) in [6.07, 6.45) is 9.21. The van der Waals surface area contributed by atoms with Crippen molar-refractivity contribution in [3.8, 4) is 18.2 Å². The van der Waals surface area contributed by atoms with Gasteiger partial charge in [0.2, 0.25) is 0 Å². The van der Waals surface area contributed by atoms with Crippen molar-refractivity contribution in [2.45, 2.75) is 45.4 Å². The Kier molecular flexibility index (Phi) is 9.84. The van der Waals surface area contributed by atoms with Gasteiger partial charge in [0, 0.05) is 19.3 Å². The molecule has 0 radical (unpaired) electrons. The van der Waals surface area contributed by atoms with Crippen LogP contribution in [0, 0.1) is 34.0 Å². The number of benzene rings is 1. The maximum Gasteiger partial charge on any atom is 0.153 e. The highest BCUT2D eigenvalue weighted by Crippen LogP contribution is 2.18. The number of nitriles is 3. The molecule has 0 saturated heterocycles. The lowest BCUT2D eigenvalue weighted by molar-refractivity contribution is 0.606. The quantitative estimate of drug-likeness (QED) is 0.371. The summed E-state index contributed by atoms with van der Waals surface area (Å²) in [4.78, 5) is 2.22. The third-order valence-electron chi connectivity index (χ3n) is 4.40. The van der Waals surface area contributed by atoms with Crippen LogP contribution in [0.15, 0.2) is 41.1 Å². The molecule has 0 bridgehead atoms. The van der Waals surface area contributed by atoms with Crippen LogP contribution >= 0.6 is 0 Å². The first-order valence-corrected chi connectivity index (χ1v) is 9.30. The molecule has 5 nitrogen and oxygen atoms in total. The van der Waals surface area contributed by atoms with Crippen LogP contribution in [0.3, 0.4) is 0 Å². The summed E-state index contributed by atoms with van der Waals surface area (Å²) in [6.45, 7) is 3.23. The van der Waals surface area contributed by atoms with E-state index in [1.807, 2.05) is 30.3 Å². The Morgan fingerprint density at radius 2 is 1.56 bits per heavy atom. The number of rotatable bonds is 10. The smallest absolute Gasteiger partial charge is 0.153 e. The van der Waals surface area contributed by atoms with Gasteiger partial charge in [-0.05, 0) is 30.2 Å². The van der Waals surface area contributed by atoms with E-state index < -0.39 is 0 Å².